The number of benzene rings is 1. The van der Waals surface area contributed by atoms with Crippen LogP contribution in [0.5, 0.6) is 0 Å². The maximum atomic E-state index is 5.82. The lowest BCUT2D eigenvalue weighted by Gasteiger charge is -2.10. The molecule has 1 aliphatic heterocycles. The molecule has 19 heavy (non-hydrogen) atoms. The van der Waals surface area contributed by atoms with Gasteiger partial charge in [-0.05, 0) is 23.8 Å². The molecule has 6 heteroatoms. The lowest BCUT2D eigenvalue weighted by Crippen LogP contribution is -2.16. The molecule has 3 N–H and O–H groups in total. The van der Waals surface area contributed by atoms with E-state index in [9.17, 15) is 0 Å². The highest BCUT2D eigenvalue weighted by Gasteiger charge is 2.07. The van der Waals surface area contributed by atoms with E-state index in [1.54, 1.807) is 0 Å². The van der Waals surface area contributed by atoms with Crippen molar-refractivity contribution in [2.45, 2.75) is 13.1 Å². The largest absolute Gasteiger partial charge is 0.384 e. The summed E-state index contributed by atoms with van der Waals surface area (Å²) in [6.45, 7) is 3.63. The maximum absolute atomic E-state index is 5.82. The molecule has 0 fully saturated rings. The SMILES string of the molecule is Clc1ncc(CNc2ccc3c(c2)CNCCN3)s1. The summed E-state index contributed by atoms with van der Waals surface area (Å²) < 4.78 is 0.590. The topological polar surface area (TPSA) is 49.0 Å². The molecule has 0 bridgehead atoms. The fourth-order valence-corrected chi connectivity index (χ4v) is 3.00. The first kappa shape index (κ1) is 12.7. The number of aromatic nitrogens is 1. The second-order valence-electron chi connectivity index (χ2n) is 4.41. The number of rotatable bonds is 3. The van der Waals surface area contributed by atoms with Gasteiger partial charge in [-0.15, -0.1) is 11.3 Å². The van der Waals surface area contributed by atoms with Gasteiger partial charge in [-0.25, -0.2) is 4.98 Å². The molecule has 1 aliphatic rings. The molecule has 0 radical (unpaired) electrons. The summed E-state index contributed by atoms with van der Waals surface area (Å²) in [7, 11) is 0. The van der Waals surface area contributed by atoms with Crippen molar-refractivity contribution in [3.05, 3.63) is 39.3 Å². The standard InChI is InChI=1S/C13H15ClN4S/c14-13-18-8-11(19-13)7-17-10-1-2-12-9(5-10)6-15-3-4-16-12/h1-2,5,8,15-17H,3-4,6-7H2. The Bertz CT molecular complexity index is 570. The maximum Gasteiger partial charge on any atom is 0.183 e. The van der Waals surface area contributed by atoms with Crippen LogP contribution < -0.4 is 16.0 Å². The van der Waals surface area contributed by atoms with Gasteiger partial charge in [0.1, 0.15) is 0 Å². The van der Waals surface area contributed by atoms with Crippen LogP contribution in [-0.4, -0.2) is 18.1 Å². The van der Waals surface area contributed by atoms with Crippen molar-refractivity contribution in [3.8, 4) is 0 Å². The van der Waals surface area contributed by atoms with Crippen molar-refractivity contribution in [1.29, 1.82) is 0 Å². The molecule has 1 aromatic carbocycles. The molecule has 0 saturated heterocycles. The molecular weight excluding hydrogens is 280 g/mol. The number of nitrogens with one attached hydrogen (secondary N) is 3. The lowest BCUT2D eigenvalue weighted by atomic mass is 10.1. The Morgan fingerprint density at radius 2 is 2.32 bits per heavy atom. The van der Waals surface area contributed by atoms with Crippen LogP contribution in [0.2, 0.25) is 4.47 Å². The molecule has 2 aromatic rings. The molecule has 0 saturated carbocycles. The minimum absolute atomic E-state index is 0.590. The third kappa shape index (κ3) is 3.18. The van der Waals surface area contributed by atoms with E-state index >= 15 is 0 Å². The van der Waals surface area contributed by atoms with E-state index in [1.807, 2.05) is 6.20 Å². The average Bonchev–Trinajstić information content (AvgIpc) is 2.70. The van der Waals surface area contributed by atoms with Gasteiger partial charge in [0, 0.05) is 42.1 Å². The van der Waals surface area contributed by atoms with Gasteiger partial charge in [0.25, 0.3) is 0 Å². The first-order chi connectivity index (χ1) is 9.31. The normalized spacial score (nSPS) is 14.4. The zero-order chi connectivity index (χ0) is 13.1. The van der Waals surface area contributed by atoms with Crippen molar-refractivity contribution in [2.24, 2.45) is 0 Å². The number of hydrogen-bond acceptors (Lipinski definition) is 5. The highest BCUT2D eigenvalue weighted by Crippen LogP contribution is 2.23. The van der Waals surface area contributed by atoms with Crippen molar-refractivity contribution in [1.82, 2.24) is 10.3 Å². The summed E-state index contributed by atoms with van der Waals surface area (Å²) >= 11 is 7.32. The predicted molar refractivity (Wildman–Crippen MR) is 81.1 cm³/mol. The van der Waals surface area contributed by atoms with Gasteiger partial charge >= 0.3 is 0 Å². The quantitative estimate of drug-likeness (QED) is 0.815. The molecule has 0 spiro atoms. The van der Waals surface area contributed by atoms with E-state index < -0.39 is 0 Å². The second kappa shape index (κ2) is 5.77. The van der Waals surface area contributed by atoms with Crippen molar-refractivity contribution in [2.75, 3.05) is 23.7 Å². The molecular formula is C13H15ClN4S. The van der Waals surface area contributed by atoms with Crippen LogP contribution in [0.25, 0.3) is 0 Å². The Morgan fingerprint density at radius 3 is 3.16 bits per heavy atom. The van der Waals surface area contributed by atoms with Crippen LogP contribution in [0.4, 0.5) is 11.4 Å². The highest BCUT2D eigenvalue weighted by atomic mass is 35.5. The predicted octanol–water partition coefficient (Wildman–Crippen LogP) is 2.92. The van der Waals surface area contributed by atoms with Gasteiger partial charge in [0.15, 0.2) is 4.47 Å². The molecule has 2 heterocycles. The minimum Gasteiger partial charge on any atom is -0.384 e. The smallest absolute Gasteiger partial charge is 0.183 e. The van der Waals surface area contributed by atoms with Crippen LogP contribution in [0, 0.1) is 0 Å². The molecule has 0 amide bonds. The fourth-order valence-electron chi connectivity index (χ4n) is 2.09. The summed E-state index contributed by atoms with van der Waals surface area (Å²) in [5.41, 5.74) is 3.63. The number of halogens is 1. The fraction of sp³-hybridized carbons (Fsp3) is 0.308. The Morgan fingerprint density at radius 1 is 1.37 bits per heavy atom. The number of nitrogens with zero attached hydrogens (tertiary/aromatic N) is 1. The van der Waals surface area contributed by atoms with Gasteiger partial charge in [-0.2, -0.15) is 0 Å². The van der Waals surface area contributed by atoms with Crippen LogP contribution in [-0.2, 0) is 13.1 Å². The monoisotopic (exact) mass is 294 g/mol. The third-order valence-corrected chi connectivity index (χ3v) is 4.14. The third-order valence-electron chi connectivity index (χ3n) is 3.03. The zero-order valence-corrected chi connectivity index (χ0v) is 11.9. The van der Waals surface area contributed by atoms with Crippen LogP contribution in [0.3, 0.4) is 0 Å². The van der Waals surface area contributed by atoms with Gasteiger partial charge in [-0.1, -0.05) is 11.6 Å². The summed E-state index contributed by atoms with van der Waals surface area (Å²) in [5.74, 6) is 0. The van der Waals surface area contributed by atoms with Crippen LogP contribution in [0.15, 0.2) is 24.4 Å². The Hall–Kier alpha value is -1.30. The number of anilines is 2. The Labute approximate surface area is 121 Å². The summed E-state index contributed by atoms with van der Waals surface area (Å²) in [6, 6.07) is 6.41. The molecule has 4 nitrogen and oxygen atoms in total. The average molecular weight is 295 g/mol. The summed E-state index contributed by atoms with van der Waals surface area (Å²) in [6.07, 6.45) is 1.81. The van der Waals surface area contributed by atoms with E-state index in [0.29, 0.717) is 4.47 Å². The van der Waals surface area contributed by atoms with Crippen molar-refractivity contribution < 1.29 is 0 Å². The number of fused-ring (bicyclic) bond motifs is 1. The Kier molecular flexibility index (Phi) is 3.87. The van der Waals surface area contributed by atoms with Gasteiger partial charge in [0.2, 0.25) is 0 Å². The van der Waals surface area contributed by atoms with E-state index in [-0.39, 0.29) is 0 Å². The van der Waals surface area contributed by atoms with Crippen LogP contribution >= 0.6 is 22.9 Å². The first-order valence-electron chi connectivity index (χ1n) is 6.23. The summed E-state index contributed by atoms with van der Waals surface area (Å²) in [4.78, 5) is 5.17. The number of thiazole rings is 1. The van der Waals surface area contributed by atoms with E-state index in [0.717, 1.165) is 36.7 Å². The molecule has 0 unspecified atom stereocenters. The van der Waals surface area contributed by atoms with E-state index in [1.165, 1.54) is 22.6 Å². The zero-order valence-electron chi connectivity index (χ0n) is 10.4. The van der Waals surface area contributed by atoms with Crippen molar-refractivity contribution >= 4 is 34.3 Å². The minimum atomic E-state index is 0.590. The molecule has 1 aromatic heterocycles. The van der Waals surface area contributed by atoms with Gasteiger partial charge in [-0.3, -0.25) is 0 Å². The summed E-state index contributed by atoms with van der Waals surface area (Å²) in [5, 5.41) is 10.2. The van der Waals surface area contributed by atoms with Gasteiger partial charge < -0.3 is 16.0 Å². The first-order valence-corrected chi connectivity index (χ1v) is 7.42. The van der Waals surface area contributed by atoms with E-state index in [2.05, 4.69) is 39.1 Å². The lowest BCUT2D eigenvalue weighted by molar-refractivity contribution is 0.725. The van der Waals surface area contributed by atoms with Crippen molar-refractivity contribution in [3.63, 3.8) is 0 Å². The molecule has 0 aliphatic carbocycles. The molecule has 100 valence electrons. The van der Waals surface area contributed by atoms with Gasteiger partial charge in [0.05, 0.1) is 6.54 Å². The second-order valence-corrected chi connectivity index (χ2v) is 6.11. The number of hydrogen-bond donors (Lipinski definition) is 3. The van der Waals surface area contributed by atoms with E-state index in [4.69, 9.17) is 11.6 Å². The Balaban J connectivity index is 1.69. The highest BCUT2D eigenvalue weighted by molar-refractivity contribution is 7.15. The molecule has 0 atom stereocenters. The van der Waals surface area contributed by atoms with Crippen LogP contribution in [0.1, 0.15) is 10.4 Å². The molecule has 3 rings (SSSR count).